The zero-order valence-electron chi connectivity index (χ0n) is 16.4. The van der Waals surface area contributed by atoms with Crippen LogP contribution in [0.4, 0.5) is 11.4 Å². The van der Waals surface area contributed by atoms with Gasteiger partial charge in [-0.2, -0.15) is 16.8 Å². The van der Waals surface area contributed by atoms with Crippen LogP contribution in [0.1, 0.15) is 0 Å². The first-order valence-electron chi connectivity index (χ1n) is 7.67. The second-order valence-electron chi connectivity index (χ2n) is 5.90. The Kier molecular flexibility index (Phi) is 9.56. The fourth-order valence-electron chi connectivity index (χ4n) is 2.56. The van der Waals surface area contributed by atoms with Gasteiger partial charge in [-0.3, -0.25) is 9.11 Å². The Bertz CT molecular complexity index is 1450. The van der Waals surface area contributed by atoms with Crippen molar-refractivity contribution >= 4 is 113 Å². The molecule has 32 heavy (non-hydrogen) atoms. The summed E-state index contributed by atoms with van der Waals surface area (Å²) in [4.78, 5) is -1.77. The molecule has 0 bridgehead atoms. The van der Waals surface area contributed by atoms with Gasteiger partial charge in [0.15, 0.2) is 5.75 Å². The molecular formula is C16H11ClN2Na2O9S2. The van der Waals surface area contributed by atoms with Gasteiger partial charge in [0.1, 0.15) is 27.8 Å². The maximum absolute atomic E-state index is 11.8. The van der Waals surface area contributed by atoms with Crippen LogP contribution in [-0.2, 0) is 20.2 Å². The Hall–Kier alpha value is -0.970. The van der Waals surface area contributed by atoms with Gasteiger partial charge in [-0.05, 0) is 35.7 Å². The topological polar surface area (TPSA) is 194 Å². The summed E-state index contributed by atoms with van der Waals surface area (Å²) in [6.45, 7) is 0. The summed E-state index contributed by atoms with van der Waals surface area (Å²) in [6, 6.07) is 5.81. The third-order valence-electron chi connectivity index (χ3n) is 3.87. The molecule has 3 rings (SSSR count). The van der Waals surface area contributed by atoms with Gasteiger partial charge in [0.25, 0.3) is 20.2 Å². The third-order valence-corrected chi connectivity index (χ3v) is 5.81. The Morgan fingerprint density at radius 3 is 1.97 bits per heavy atom. The number of fused-ring (bicyclic) bond motifs is 1. The standard InChI is InChI=1S/C16H11ClN2O9S2.2Na/c17-8-1-2-11(20)10(5-8)18-19-15-13(30(26,27)28)4-7-3-9(29(23,24)25)6-12(21)14(7)16(15)22;;/h1-6,20-22H,(H,23,24,25)(H,26,27,28);;. The molecule has 0 atom stereocenters. The average molecular weight is 521 g/mol. The number of hydrogen-bond acceptors (Lipinski definition) is 9. The van der Waals surface area contributed by atoms with E-state index in [1.807, 2.05) is 0 Å². The van der Waals surface area contributed by atoms with Gasteiger partial charge >= 0.3 is 0 Å². The molecule has 160 valence electrons. The number of phenolic OH excluding ortho intramolecular Hbond substituents is 3. The van der Waals surface area contributed by atoms with Crippen LogP contribution < -0.4 is 0 Å². The summed E-state index contributed by atoms with van der Waals surface area (Å²) < 4.78 is 64.9. The number of azo groups is 1. The Morgan fingerprint density at radius 1 is 0.781 bits per heavy atom. The Labute approximate surface area is 230 Å². The fraction of sp³-hybridized carbons (Fsp3) is 0. The first-order valence-corrected chi connectivity index (χ1v) is 10.9. The number of benzene rings is 3. The van der Waals surface area contributed by atoms with Crippen molar-refractivity contribution in [2.45, 2.75) is 9.79 Å². The van der Waals surface area contributed by atoms with Crippen molar-refractivity contribution < 1.29 is 41.3 Å². The van der Waals surface area contributed by atoms with Crippen LogP contribution >= 0.6 is 11.6 Å². The smallest absolute Gasteiger partial charge is 0.296 e. The van der Waals surface area contributed by atoms with Gasteiger partial charge in [0.05, 0.1) is 10.3 Å². The van der Waals surface area contributed by atoms with E-state index in [1.54, 1.807) is 0 Å². The van der Waals surface area contributed by atoms with Gasteiger partial charge in [-0.25, -0.2) is 0 Å². The molecule has 5 N–H and O–H groups in total. The fourth-order valence-corrected chi connectivity index (χ4v) is 3.92. The van der Waals surface area contributed by atoms with E-state index in [0.717, 1.165) is 6.07 Å². The minimum Gasteiger partial charge on any atom is -0.507 e. The number of nitrogens with zero attached hydrogens (tertiary/aromatic N) is 2. The van der Waals surface area contributed by atoms with E-state index in [0.29, 0.717) is 12.1 Å². The third kappa shape index (κ3) is 6.12. The van der Waals surface area contributed by atoms with Crippen LogP contribution in [0.25, 0.3) is 10.8 Å². The normalized spacial score (nSPS) is 11.8. The summed E-state index contributed by atoms with van der Waals surface area (Å²) in [6.07, 6.45) is 0. The van der Waals surface area contributed by atoms with E-state index in [-0.39, 0.29) is 81.0 Å². The van der Waals surface area contributed by atoms with Gasteiger partial charge in [-0.1, -0.05) is 11.6 Å². The maximum atomic E-state index is 11.8. The van der Waals surface area contributed by atoms with Crippen molar-refractivity contribution in [3.8, 4) is 17.2 Å². The van der Waals surface area contributed by atoms with Gasteiger partial charge < -0.3 is 15.3 Å². The summed E-state index contributed by atoms with van der Waals surface area (Å²) in [7, 11) is -9.81. The van der Waals surface area contributed by atoms with Gasteiger partial charge in [0.2, 0.25) is 0 Å². The number of hydrogen-bond donors (Lipinski definition) is 5. The molecule has 3 aromatic rings. The maximum Gasteiger partial charge on any atom is 0.296 e. The predicted octanol–water partition coefficient (Wildman–Crippen LogP) is 2.76. The molecular weight excluding hydrogens is 510 g/mol. The Morgan fingerprint density at radius 2 is 1.41 bits per heavy atom. The van der Waals surface area contributed by atoms with E-state index in [9.17, 15) is 36.7 Å². The largest absolute Gasteiger partial charge is 0.507 e. The van der Waals surface area contributed by atoms with E-state index >= 15 is 0 Å². The molecule has 0 fully saturated rings. The number of phenols is 3. The Balaban J connectivity index is 0.00000256. The SMILES string of the molecule is O=S(=O)(O)c1cc(O)c2c(O)c(N=Nc3cc(Cl)ccc3O)c(S(=O)(=O)O)cc2c1.[Na].[Na]. The second kappa shape index (κ2) is 10.5. The molecule has 0 aliphatic rings. The summed E-state index contributed by atoms with van der Waals surface area (Å²) in [5.41, 5.74) is -1.01. The molecule has 11 nitrogen and oxygen atoms in total. The number of aromatic hydroxyl groups is 3. The van der Waals surface area contributed by atoms with Crippen molar-refractivity contribution in [1.82, 2.24) is 0 Å². The second-order valence-corrected chi connectivity index (χ2v) is 9.14. The van der Waals surface area contributed by atoms with Crippen molar-refractivity contribution in [1.29, 1.82) is 0 Å². The molecule has 16 heteroatoms. The minimum absolute atomic E-state index is 0. The van der Waals surface area contributed by atoms with Crippen LogP contribution in [0.5, 0.6) is 17.2 Å². The summed E-state index contributed by atoms with van der Waals surface area (Å²) in [5.74, 6) is -2.18. The van der Waals surface area contributed by atoms with E-state index in [2.05, 4.69) is 10.2 Å². The first-order chi connectivity index (χ1) is 13.8. The molecule has 0 heterocycles. The summed E-state index contributed by atoms with van der Waals surface area (Å²) >= 11 is 5.78. The average Bonchev–Trinajstić information content (AvgIpc) is 2.61. The van der Waals surface area contributed by atoms with Gasteiger partial charge in [0, 0.05) is 70.2 Å². The molecule has 0 aliphatic heterocycles. The van der Waals surface area contributed by atoms with Crippen LogP contribution in [0.2, 0.25) is 5.02 Å². The molecule has 0 aromatic heterocycles. The van der Waals surface area contributed by atoms with Crippen LogP contribution in [0, 0.1) is 0 Å². The molecule has 2 radical (unpaired) electrons. The van der Waals surface area contributed by atoms with Crippen LogP contribution in [0.3, 0.4) is 0 Å². The van der Waals surface area contributed by atoms with Gasteiger partial charge in [-0.15, -0.1) is 10.2 Å². The molecule has 3 aromatic carbocycles. The van der Waals surface area contributed by atoms with Crippen LogP contribution in [0.15, 0.2) is 56.4 Å². The number of halogens is 1. The molecule has 0 unspecified atom stereocenters. The quantitative estimate of drug-likeness (QED) is 0.195. The zero-order valence-corrected chi connectivity index (χ0v) is 22.8. The first kappa shape index (κ1) is 29.1. The van der Waals surface area contributed by atoms with Crippen molar-refractivity contribution in [2.24, 2.45) is 10.2 Å². The van der Waals surface area contributed by atoms with E-state index in [4.69, 9.17) is 16.2 Å². The number of rotatable bonds is 4. The van der Waals surface area contributed by atoms with Crippen molar-refractivity contribution in [3.63, 3.8) is 0 Å². The molecule has 0 saturated heterocycles. The summed E-state index contributed by atoms with van der Waals surface area (Å²) in [5, 5.41) is 36.9. The predicted molar refractivity (Wildman–Crippen MR) is 116 cm³/mol. The monoisotopic (exact) mass is 520 g/mol. The van der Waals surface area contributed by atoms with Crippen molar-refractivity contribution in [2.75, 3.05) is 0 Å². The molecule has 0 saturated carbocycles. The minimum atomic E-state index is -5.03. The molecule has 0 aliphatic carbocycles. The zero-order chi connectivity index (χ0) is 22.4. The van der Waals surface area contributed by atoms with E-state index in [1.165, 1.54) is 18.2 Å². The van der Waals surface area contributed by atoms with E-state index < -0.39 is 52.6 Å². The molecule has 0 amide bonds. The van der Waals surface area contributed by atoms with Crippen LogP contribution in [-0.4, -0.2) is 100 Å². The molecule has 0 spiro atoms. The van der Waals surface area contributed by atoms with Crippen molar-refractivity contribution in [3.05, 3.63) is 41.4 Å².